The number of urea groups is 1. The number of barbiturate groups is 1. The molecule has 290 valence electrons. The lowest BCUT2D eigenvalue weighted by Crippen LogP contribution is -2.57. The molecule has 52 heavy (non-hydrogen) atoms. The van der Waals surface area contributed by atoms with Crippen LogP contribution in [0.5, 0.6) is 0 Å². The molecule has 0 unspecified atom stereocenters. The number of imide groups is 2. The van der Waals surface area contributed by atoms with Gasteiger partial charge in [0.2, 0.25) is 35.1 Å². The highest BCUT2D eigenvalue weighted by atomic mass is 35.5. The average molecular weight is 843 g/mol. The number of rotatable bonds is 18. The highest BCUT2D eigenvalue weighted by Gasteiger charge is 2.34. The molecule has 0 saturated carbocycles. The van der Waals surface area contributed by atoms with E-state index in [0.29, 0.717) is 0 Å². The molecule has 2 aromatic rings. The monoisotopic (exact) mass is 842 g/mol. The lowest BCUT2D eigenvalue weighted by Gasteiger charge is -2.15. The van der Waals surface area contributed by atoms with Gasteiger partial charge in [0.1, 0.15) is 0 Å². The molecule has 10 N–H and O–H groups in total. The van der Waals surface area contributed by atoms with Gasteiger partial charge in [-0.15, -0.1) is 5.11 Å². The quantitative estimate of drug-likeness (QED) is 0.0394. The summed E-state index contributed by atoms with van der Waals surface area (Å²) in [4.78, 5) is 56.8. The predicted molar refractivity (Wildman–Crippen MR) is 174 cm³/mol. The number of nitrogens with one attached hydrogen (secondary N) is 6. The zero-order chi connectivity index (χ0) is 39.3. The minimum atomic E-state index is -4.29. The first-order chi connectivity index (χ1) is 23.9. The summed E-state index contributed by atoms with van der Waals surface area (Å²) >= 11 is 5.61. The largest absolute Gasteiger partial charge is 0.353 e. The molecule has 0 aromatic carbocycles. The number of carbonyl (C=O) groups is 3. The predicted octanol–water partition coefficient (Wildman–Crippen LogP) is -3.59. The van der Waals surface area contributed by atoms with E-state index in [1.807, 2.05) is 0 Å². The van der Waals surface area contributed by atoms with Gasteiger partial charge in [0.25, 0.3) is 58.2 Å². The summed E-state index contributed by atoms with van der Waals surface area (Å²) in [5.74, 6) is -5.78. The lowest BCUT2D eigenvalue weighted by molar-refractivity contribution is -0.131. The minimum Gasteiger partial charge on any atom is -0.353 e. The van der Waals surface area contributed by atoms with E-state index in [1.54, 1.807) is 10.6 Å². The van der Waals surface area contributed by atoms with Crippen molar-refractivity contribution in [3.63, 3.8) is 0 Å². The van der Waals surface area contributed by atoms with E-state index in [-0.39, 0.29) is 55.3 Å². The summed E-state index contributed by atoms with van der Waals surface area (Å²) in [5, 5.41) is 20.2. The Balaban J connectivity index is 0.000000389. The van der Waals surface area contributed by atoms with Crippen LogP contribution in [0.1, 0.15) is 0 Å². The number of anilines is 4. The van der Waals surface area contributed by atoms with Crippen molar-refractivity contribution < 1.29 is 66.3 Å². The maximum atomic E-state index is 11.7. The van der Waals surface area contributed by atoms with Crippen LogP contribution < -0.4 is 31.9 Å². The third-order valence-electron chi connectivity index (χ3n) is 5.04. The van der Waals surface area contributed by atoms with Crippen LogP contribution in [0.25, 0.3) is 0 Å². The fraction of sp³-hybridized carbons (Fsp3) is 0.500. The summed E-state index contributed by atoms with van der Waals surface area (Å²) in [6, 6.07) is -2.75. The maximum Gasteiger partial charge on any atom is 0.328 e. The second-order valence-corrected chi connectivity index (χ2v) is 15.9. The van der Waals surface area contributed by atoms with Crippen molar-refractivity contribution >= 4 is 99.7 Å². The smallest absolute Gasteiger partial charge is 0.328 e. The number of amides is 4. The van der Waals surface area contributed by atoms with Gasteiger partial charge in [-0.2, -0.15) is 68.7 Å². The summed E-state index contributed by atoms with van der Waals surface area (Å²) in [5.41, 5.74) is 0. The maximum absolute atomic E-state index is 11.7. The molecule has 1 fully saturated rings. The molecule has 4 amide bonds. The fourth-order valence-electron chi connectivity index (χ4n) is 2.97. The molecule has 0 spiro atoms. The molecular formula is C18H27ClN14O15S4. The van der Waals surface area contributed by atoms with Crippen LogP contribution >= 0.6 is 11.6 Å². The van der Waals surface area contributed by atoms with Crippen LogP contribution in [-0.2, 0) is 50.1 Å². The van der Waals surface area contributed by atoms with Crippen LogP contribution in [-0.4, -0.2) is 155 Å². The van der Waals surface area contributed by atoms with Gasteiger partial charge in [0, 0.05) is 26.2 Å². The highest BCUT2D eigenvalue weighted by molar-refractivity contribution is 7.86. The zero-order valence-electron chi connectivity index (χ0n) is 25.6. The number of aromatic nitrogens is 6. The second-order valence-electron chi connectivity index (χ2n) is 9.31. The van der Waals surface area contributed by atoms with Gasteiger partial charge in [-0.25, -0.2) is 4.79 Å². The lowest BCUT2D eigenvalue weighted by atomic mass is 10.2. The van der Waals surface area contributed by atoms with Gasteiger partial charge >= 0.3 is 6.03 Å². The second kappa shape index (κ2) is 18.7. The summed E-state index contributed by atoms with van der Waals surface area (Å²) in [7, 11) is -16.8. The van der Waals surface area contributed by atoms with E-state index in [1.165, 1.54) is 0 Å². The Labute approximate surface area is 297 Å². The van der Waals surface area contributed by atoms with E-state index < -0.39 is 93.3 Å². The number of halogens is 1. The van der Waals surface area contributed by atoms with E-state index in [0.717, 1.165) is 0 Å². The van der Waals surface area contributed by atoms with Crippen LogP contribution in [0, 0.1) is 0 Å². The Kier molecular flexibility index (Phi) is 15.7. The highest BCUT2D eigenvalue weighted by Crippen LogP contribution is 2.14. The van der Waals surface area contributed by atoms with E-state index in [2.05, 4.69) is 61.4 Å². The Morgan fingerprint density at radius 1 is 0.558 bits per heavy atom. The van der Waals surface area contributed by atoms with Crippen LogP contribution in [0.3, 0.4) is 0 Å². The molecule has 1 aliphatic rings. The first-order valence-corrected chi connectivity index (χ1v) is 20.2. The molecule has 0 radical (unpaired) electrons. The van der Waals surface area contributed by atoms with Gasteiger partial charge in [0.15, 0.2) is 0 Å². The standard InChI is InChI=1S/C11H15N9O9S2.C7H12ClN5O6S2/c21-6-5(7(22)15-11(23)14-6)19-20-10-17-8(12-1-3-30(24,25)26)16-9(18-10)13-2-4-31(27,28)29;8-5-11-6(9-1-3-20(14,15)16)13-7(12-5)10-2-4-21(17,18)19/h5H,1-4H2,(H,24,25,26)(H,27,28,29)(H2,12,13,16,17,18)(H2,14,15,21,22,23);1-4H2,(H,14,15,16)(H,17,18,19)(H2,9,10,11,12,13). The van der Waals surface area contributed by atoms with Crippen molar-refractivity contribution in [2.24, 2.45) is 10.2 Å². The summed E-state index contributed by atoms with van der Waals surface area (Å²) in [6.07, 6.45) is 0. The number of carbonyl (C=O) groups excluding carboxylic acids is 3. The summed E-state index contributed by atoms with van der Waals surface area (Å²) < 4.78 is 120. The minimum absolute atomic E-state index is 0.0620. The Bertz CT molecular complexity index is 1970. The molecule has 0 aliphatic carbocycles. The normalized spacial score (nSPS) is 14.2. The van der Waals surface area contributed by atoms with E-state index >= 15 is 0 Å². The van der Waals surface area contributed by atoms with Gasteiger partial charge in [0.05, 0.1) is 23.0 Å². The van der Waals surface area contributed by atoms with E-state index in [4.69, 9.17) is 29.8 Å². The number of azo groups is 1. The first-order valence-electron chi connectivity index (χ1n) is 13.4. The van der Waals surface area contributed by atoms with Crippen molar-refractivity contribution in [3.8, 4) is 0 Å². The number of hydrogen-bond acceptors (Lipinski definition) is 23. The number of hydrogen-bond donors (Lipinski definition) is 10. The molecule has 1 aliphatic heterocycles. The van der Waals surface area contributed by atoms with Crippen LogP contribution in [0.15, 0.2) is 10.2 Å². The molecule has 29 nitrogen and oxygen atoms in total. The average Bonchev–Trinajstić information content (AvgIpc) is 2.94. The third kappa shape index (κ3) is 19.1. The van der Waals surface area contributed by atoms with Crippen LogP contribution in [0.4, 0.5) is 34.5 Å². The Morgan fingerprint density at radius 3 is 1.17 bits per heavy atom. The topological polar surface area (TPSA) is 443 Å². The Hall–Kier alpha value is -4.64. The van der Waals surface area contributed by atoms with Crippen molar-refractivity contribution in [2.45, 2.75) is 6.04 Å². The third-order valence-corrected chi connectivity index (χ3v) is 8.09. The SMILES string of the molecule is O=C1NC(=O)C(N=Nc2nc(NCCS(=O)(=O)O)nc(NCCS(=O)(=O)O)n2)C(=O)N1.O=S(=O)(O)CCNc1nc(Cl)nc(NCCS(=O)(=O)O)n1. The molecular weight excluding hydrogens is 816 g/mol. The molecule has 1 saturated heterocycles. The van der Waals surface area contributed by atoms with Gasteiger partial charge in [-0.1, -0.05) is 0 Å². The van der Waals surface area contributed by atoms with Crippen molar-refractivity contribution in [2.75, 3.05) is 70.5 Å². The van der Waals surface area contributed by atoms with Crippen molar-refractivity contribution in [1.82, 2.24) is 40.5 Å². The molecule has 0 atom stereocenters. The number of nitrogens with zero attached hydrogens (tertiary/aromatic N) is 8. The van der Waals surface area contributed by atoms with Crippen molar-refractivity contribution in [1.29, 1.82) is 0 Å². The molecule has 0 bridgehead atoms. The Morgan fingerprint density at radius 2 is 0.865 bits per heavy atom. The zero-order valence-corrected chi connectivity index (χ0v) is 29.6. The van der Waals surface area contributed by atoms with Gasteiger partial charge < -0.3 is 21.3 Å². The van der Waals surface area contributed by atoms with Gasteiger partial charge in [-0.05, 0) is 11.6 Å². The fourth-order valence-corrected chi connectivity index (χ4v) is 4.57. The molecule has 34 heteroatoms. The molecule has 3 rings (SSSR count). The van der Waals surface area contributed by atoms with Crippen LogP contribution in [0.2, 0.25) is 5.28 Å². The van der Waals surface area contributed by atoms with Gasteiger partial charge in [-0.3, -0.25) is 38.4 Å². The molecule has 2 aromatic heterocycles. The first kappa shape index (κ1) is 43.5. The van der Waals surface area contributed by atoms with E-state index in [9.17, 15) is 48.1 Å². The molecule has 3 heterocycles. The van der Waals surface area contributed by atoms with Crippen molar-refractivity contribution in [3.05, 3.63) is 5.28 Å². The summed E-state index contributed by atoms with van der Waals surface area (Å²) in [6.45, 7) is -0.994.